The monoisotopic (exact) mass is 484 g/mol. The Morgan fingerprint density at radius 3 is 2.50 bits per heavy atom. The van der Waals surface area contributed by atoms with E-state index in [-0.39, 0.29) is 23.4 Å². The van der Waals surface area contributed by atoms with Gasteiger partial charge in [0.1, 0.15) is 17.3 Å². The zero-order valence-electron chi connectivity index (χ0n) is 19.7. The van der Waals surface area contributed by atoms with Crippen LogP contribution in [0.1, 0.15) is 29.7 Å². The third-order valence-electron chi connectivity index (χ3n) is 6.48. The van der Waals surface area contributed by atoms with Crippen LogP contribution in [0.25, 0.3) is 16.7 Å². The minimum absolute atomic E-state index is 0.131. The van der Waals surface area contributed by atoms with Gasteiger partial charge in [-0.15, -0.1) is 0 Å². The van der Waals surface area contributed by atoms with Gasteiger partial charge in [0.2, 0.25) is 0 Å². The number of Topliss-reactive ketones (excluding diaryl/α,β-unsaturated/α-hetero) is 1. The lowest BCUT2D eigenvalue weighted by Crippen LogP contribution is -2.32. The molecule has 2 N–H and O–H groups in total. The number of likely N-dealkylation sites (tertiary alicyclic amines) is 1. The fourth-order valence-electron chi connectivity index (χ4n) is 4.74. The molecule has 6 nitrogen and oxygen atoms in total. The van der Waals surface area contributed by atoms with Gasteiger partial charge in [0.15, 0.2) is 0 Å². The smallest absolute Gasteiger partial charge is 0.295 e. The van der Waals surface area contributed by atoms with Gasteiger partial charge < -0.3 is 19.7 Å². The second-order valence-corrected chi connectivity index (χ2v) is 8.58. The van der Waals surface area contributed by atoms with Crippen LogP contribution in [0.15, 0.2) is 84.6 Å². The maximum Gasteiger partial charge on any atom is 0.295 e. The molecule has 1 atom stereocenters. The highest BCUT2D eigenvalue weighted by atomic mass is 19.1. The van der Waals surface area contributed by atoms with Crippen molar-refractivity contribution < 1.29 is 23.8 Å². The Kier molecular flexibility index (Phi) is 6.29. The standard InChI is InChI=1S/C29H25FN2O4/c1-2-36-20-13-11-18(12-14-20)27(33)25-26(22-8-3-5-9-23(22)30)32(29(35)28(25)34)16-15-19-17-31-24-10-6-4-7-21(19)24/h3-14,17,26,31,33H,2,15-16H2,1H3/t26-/m1/s1. The van der Waals surface area contributed by atoms with Crippen molar-refractivity contribution in [3.8, 4) is 5.75 Å². The Labute approximate surface area is 207 Å². The number of ketones is 1. The van der Waals surface area contributed by atoms with E-state index in [1.807, 2.05) is 37.4 Å². The summed E-state index contributed by atoms with van der Waals surface area (Å²) in [6.07, 6.45) is 2.32. The van der Waals surface area contributed by atoms with Crippen molar-refractivity contribution in [1.82, 2.24) is 9.88 Å². The number of aliphatic hydroxyl groups is 1. The van der Waals surface area contributed by atoms with Gasteiger partial charge >= 0.3 is 0 Å². The minimum atomic E-state index is -1.05. The normalized spacial score (nSPS) is 17.2. The summed E-state index contributed by atoms with van der Waals surface area (Å²) in [6, 6.07) is 19.3. The molecular weight excluding hydrogens is 459 g/mol. The van der Waals surface area contributed by atoms with E-state index in [2.05, 4.69) is 4.98 Å². The van der Waals surface area contributed by atoms with Gasteiger partial charge in [-0.25, -0.2) is 4.39 Å². The van der Waals surface area contributed by atoms with Gasteiger partial charge in [0.25, 0.3) is 11.7 Å². The van der Waals surface area contributed by atoms with Crippen LogP contribution in [0.4, 0.5) is 4.39 Å². The molecule has 7 heteroatoms. The van der Waals surface area contributed by atoms with Gasteiger partial charge in [0, 0.05) is 34.8 Å². The summed E-state index contributed by atoms with van der Waals surface area (Å²) in [7, 11) is 0. The molecule has 0 unspecified atom stereocenters. The van der Waals surface area contributed by atoms with Crippen LogP contribution in [0.3, 0.4) is 0 Å². The molecule has 1 amide bonds. The van der Waals surface area contributed by atoms with E-state index in [1.54, 1.807) is 36.4 Å². The number of nitrogens with zero attached hydrogens (tertiary/aromatic N) is 1. The van der Waals surface area contributed by atoms with Crippen LogP contribution in [0.2, 0.25) is 0 Å². The van der Waals surface area contributed by atoms with Gasteiger partial charge in [-0.1, -0.05) is 36.4 Å². The van der Waals surface area contributed by atoms with Gasteiger partial charge in [0.05, 0.1) is 18.2 Å². The zero-order chi connectivity index (χ0) is 25.2. The first-order chi connectivity index (χ1) is 17.5. The van der Waals surface area contributed by atoms with Crippen molar-refractivity contribution in [2.75, 3.05) is 13.2 Å². The summed E-state index contributed by atoms with van der Waals surface area (Å²) in [5.74, 6) is -1.90. The minimum Gasteiger partial charge on any atom is -0.507 e. The largest absolute Gasteiger partial charge is 0.507 e. The molecule has 0 spiro atoms. The molecule has 0 bridgehead atoms. The number of hydrogen-bond acceptors (Lipinski definition) is 4. The molecule has 4 aromatic rings. The van der Waals surface area contributed by atoms with E-state index < -0.39 is 23.5 Å². The van der Waals surface area contributed by atoms with E-state index >= 15 is 0 Å². The Hall–Kier alpha value is -4.39. The van der Waals surface area contributed by atoms with E-state index in [9.17, 15) is 19.1 Å². The highest BCUT2D eigenvalue weighted by molar-refractivity contribution is 6.46. The number of halogens is 1. The third kappa shape index (κ3) is 4.13. The number of benzene rings is 3. The first-order valence-corrected chi connectivity index (χ1v) is 11.8. The van der Waals surface area contributed by atoms with Crippen LogP contribution >= 0.6 is 0 Å². The topological polar surface area (TPSA) is 82.6 Å². The van der Waals surface area contributed by atoms with Crippen molar-refractivity contribution in [3.63, 3.8) is 0 Å². The summed E-state index contributed by atoms with van der Waals surface area (Å²) in [5, 5.41) is 12.2. The lowest BCUT2D eigenvalue weighted by Gasteiger charge is -2.25. The lowest BCUT2D eigenvalue weighted by atomic mass is 9.94. The number of rotatable bonds is 7. The van der Waals surface area contributed by atoms with E-state index in [0.29, 0.717) is 24.3 Å². The maximum atomic E-state index is 15.0. The third-order valence-corrected chi connectivity index (χ3v) is 6.48. The van der Waals surface area contributed by atoms with E-state index in [1.165, 1.54) is 17.0 Å². The molecular formula is C29H25FN2O4. The van der Waals surface area contributed by atoms with Crippen molar-refractivity contribution >= 4 is 28.4 Å². The molecule has 3 aromatic carbocycles. The molecule has 0 radical (unpaired) electrons. The summed E-state index contributed by atoms with van der Waals surface area (Å²) >= 11 is 0. The molecule has 2 heterocycles. The molecule has 1 aliphatic rings. The zero-order valence-corrected chi connectivity index (χ0v) is 19.7. The van der Waals surface area contributed by atoms with Crippen molar-refractivity contribution in [1.29, 1.82) is 0 Å². The SMILES string of the molecule is CCOc1ccc(C(O)=C2C(=O)C(=O)N(CCc3c[nH]c4ccccc34)[C@@H]2c2ccccc2F)cc1. The number of carbonyl (C=O) groups excluding carboxylic acids is 2. The van der Waals surface area contributed by atoms with Crippen LogP contribution < -0.4 is 4.74 Å². The lowest BCUT2D eigenvalue weighted by molar-refractivity contribution is -0.139. The molecule has 1 aliphatic heterocycles. The van der Waals surface area contributed by atoms with E-state index in [0.717, 1.165) is 16.5 Å². The summed E-state index contributed by atoms with van der Waals surface area (Å²) in [4.78, 5) is 31.0. The highest BCUT2D eigenvalue weighted by Gasteiger charge is 2.46. The Bertz CT molecular complexity index is 1470. The number of aliphatic hydroxyl groups excluding tert-OH is 1. The molecule has 36 heavy (non-hydrogen) atoms. The predicted octanol–water partition coefficient (Wildman–Crippen LogP) is 5.37. The molecule has 0 aliphatic carbocycles. The average Bonchev–Trinajstić information content (AvgIpc) is 3.42. The molecule has 1 saturated heterocycles. The van der Waals surface area contributed by atoms with Crippen LogP contribution in [-0.4, -0.2) is 39.8 Å². The number of aromatic nitrogens is 1. The van der Waals surface area contributed by atoms with Crippen LogP contribution in [0, 0.1) is 5.82 Å². The number of ether oxygens (including phenoxy) is 1. The van der Waals surface area contributed by atoms with E-state index in [4.69, 9.17) is 4.74 Å². The first-order valence-electron chi connectivity index (χ1n) is 11.8. The second-order valence-electron chi connectivity index (χ2n) is 8.58. The Morgan fingerprint density at radius 1 is 1.03 bits per heavy atom. The number of aromatic amines is 1. The highest BCUT2D eigenvalue weighted by Crippen LogP contribution is 2.40. The van der Waals surface area contributed by atoms with Gasteiger partial charge in [-0.2, -0.15) is 0 Å². The number of amides is 1. The fourth-order valence-corrected chi connectivity index (χ4v) is 4.74. The van der Waals surface area contributed by atoms with Crippen molar-refractivity contribution in [2.24, 2.45) is 0 Å². The number of carbonyl (C=O) groups is 2. The van der Waals surface area contributed by atoms with Crippen LogP contribution in [0.5, 0.6) is 5.75 Å². The summed E-state index contributed by atoms with van der Waals surface area (Å²) in [6.45, 7) is 2.52. The molecule has 0 saturated carbocycles. The Balaban J connectivity index is 1.55. The number of hydrogen-bond donors (Lipinski definition) is 2. The molecule has 5 rings (SSSR count). The number of fused-ring (bicyclic) bond motifs is 1. The maximum absolute atomic E-state index is 15.0. The predicted molar refractivity (Wildman–Crippen MR) is 135 cm³/mol. The van der Waals surface area contributed by atoms with Gasteiger partial charge in [-0.05, 0) is 55.3 Å². The number of nitrogens with one attached hydrogen (secondary N) is 1. The van der Waals surface area contributed by atoms with Gasteiger partial charge in [-0.3, -0.25) is 9.59 Å². The quantitative estimate of drug-likeness (QED) is 0.210. The molecule has 1 fully saturated rings. The van der Waals surface area contributed by atoms with Crippen LogP contribution in [-0.2, 0) is 16.0 Å². The first kappa shape index (κ1) is 23.4. The molecule has 1 aromatic heterocycles. The van der Waals surface area contributed by atoms with Crippen molar-refractivity contribution in [2.45, 2.75) is 19.4 Å². The average molecular weight is 485 g/mol. The number of H-pyrrole nitrogens is 1. The number of para-hydroxylation sites is 1. The second kappa shape index (κ2) is 9.70. The fraction of sp³-hybridized carbons (Fsp3) is 0.172. The summed E-state index contributed by atoms with van der Waals surface area (Å²) in [5.41, 5.74) is 2.31. The summed E-state index contributed by atoms with van der Waals surface area (Å²) < 4.78 is 20.4. The Morgan fingerprint density at radius 2 is 1.75 bits per heavy atom. The van der Waals surface area contributed by atoms with Crippen molar-refractivity contribution in [3.05, 3.63) is 107 Å². The molecule has 182 valence electrons.